The van der Waals surface area contributed by atoms with Crippen molar-refractivity contribution in [1.82, 2.24) is 5.32 Å². The molecule has 0 saturated heterocycles. The van der Waals surface area contributed by atoms with Gasteiger partial charge in [0.05, 0.1) is 0 Å². The van der Waals surface area contributed by atoms with E-state index in [1.54, 1.807) is 24.3 Å². The molecule has 1 atom stereocenters. The molecule has 1 rings (SSSR count). The maximum absolute atomic E-state index is 11.8. The number of hydrogen-bond acceptors (Lipinski definition) is 1. The summed E-state index contributed by atoms with van der Waals surface area (Å²) in [7, 11) is 0. The van der Waals surface area contributed by atoms with Crippen LogP contribution < -0.4 is 5.32 Å². The summed E-state index contributed by atoms with van der Waals surface area (Å²) in [5.41, 5.74) is 0.660. The van der Waals surface area contributed by atoms with Gasteiger partial charge in [-0.3, -0.25) is 4.79 Å². The number of benzene rings is 1. The largest absolute Gasteiger partial charge is 0.352 e. The summed E-state index contributed by atoms with van der Waals surface area (Å²) in [6.45, 7) is 7.25. The lowest BCUT2D eigenvalue weighted by Gasteiger charge is -2.19. The van der Waals surface area contributed by atoms with E-state index in [-0.39, 0.29) is 5.91 Å². The van der Waals surface area contributed by atoms with Gasteiger partial charge in [-0.25, -0.2) is 0 Å². The van der Waals surface area contributed by atoms with Gasteiger partial charge in [0.1, 0.15) is 0 Å². The Morgan fingerprint density at radius 1 is 1.29 bits per heavy atom. The topological polar surface area (TPSA) is 29.1 Å². The van der Waals surface area contributed by atoms with Crippen LogP contribution in [0.25, 0.3) is 0 Å². The number of rotatable bonds is 5. The second-order valence-corrected chi connectivity index (χ2v) is 5.07. The van der Waals surface area contributed by atoms with Gasteiger partial charge in [-0.2, -0.15) is 0 Å². The number of halogens is 1. The van der Waals surface area contributed by atoms with Crippen LogP contribution in [0.1, 0.15) is 37.6 Å². The molecule has 0 aliphatic carbocycles. The quantitative estimate of drug-likeness (QED) is 0.851. The molecule has 0 aromatic heterocycles. The summed E-state index contributed by atoms with van der Waals surface area (Å²) in [4.78, 5) is 11.8. The van der Waals surface area contributed by atoms with Crippen LogP contribution >= 0.6 is 11.6 Å². The summed E-state index contributed by atoms with van der Waals surface area (Å²) in [6.07, 6.45) is 1.08. The number of amides is 1. The molecule has 0 radical (unpaired) electrons. The van der Waals surface area contributed by atoms with Crippen molar-refractivity contribution in [3.8, 4) is 0 Å². The van der Waals surface area contributed by atoms with E-state index >= 15 is 0 Å². The van der Waals surface area contributed by atoms with Crippen LogP contribution in [-0.2, 0) is 0 Å². The first-order valence-corrected chi connectivity index (χ1v) is 6.46. The molecule has 0 aliphatic heterocycles. The first kappa shape index (κ1) is 14.0. The number of hydrogen-bond donors (Lipinski definition) is 1. The highest BCUT2D eigenvalue weighted by Crippen LogP contribution is 2.14. The van der Waals surface area contributed by atoms with Crippen LogP contribution in [0.4, 0.5) is 0 Å². The highest BCUT2D eigenvalue weighted by molar-refractivity contribution is 6.30. The summed E-state index contributed by atoms with van der Waals surface area (Å²) >= 11 is 5.78. The van der Waals surface area contributed by atoms with Gasteiger partial charge in [0.2, 0.25) is 0 Å². The third-order valence-electron chi connectivity index (χ3n) is 3.10. The van der Waals surface area contributed by atoms with E-state index in [0.29, 0.717) is 22.4 Å². The predicted molar refractivity (Wildman–Crippen MR) is 72.4 cm³/mol. The normalized spacial score (nSPS) is 12.5. The third-order valence-corrected chi connectivity index (χ3v) is 3.35. The summed E-state index contributed by atoms with van der Waals surface area (Å²) < 4.78 is 0. The second kappa shape index (κ2) is 6.65. The molecule has 0 spiro atoms. The van der Waals surface area contributed by atoms with Crippen molar-refractivity contribution in [3.05, 3.63) is 34.9 Å². The molecule has 1 amide bonds. The standard InChI is InChI=1S/C14H20ClNO/c1-4-11(10(2)3)9-16-14(17)12-5-7-13(15)8-6-12/h5-8,10-11H,4,9H2,1-3H3,(H,16,17). The predicted octanol–water partition coefficient (Wildman–Crippen LogP) is 3.75. The SMILES string of the molecule is CCC(CNC(=O)c1ccc(Cl)cc1)C(C)C. The zero-order valence-electron chi connectivity index (χ0n) is 10.7. The van der Waals surface area contributed by atoms with Gasteiger partial charge < -0.3 is 5.32 Å². The van der Waals surface area contributed by atoms with Crippen molar-refractivity contribution in [2.75, 3.05) is 6.54 Å². The Labute approximate surface area is 108 Å². The minimum atomic E-state index is -0.0271. The molecule has 1 aromatic rings. The maximum atomic E-state index is 11.8. The summed E-state index contributed by atoms with van der Waals surface area (Å²) in [5.74, 6) is 1.09. The van der Waals surface area contributed by atoms with Crippen LogP contribution in [0.5, 0.6) is 0 Å². The van der Waals surface area contributed by atoms with E-state index in [0.717, 1.165) is 13.0 Å². The zero-order valence-corrected chi connectivity index (χ0v) is 11.4. The van der Waals surface area contributed by atoms with Crippen molar-refractivity contribution < 1.29 is 4.79 Å². The van der Waals surface area contributed by atoms with Crippen molar-refractivity contribution in [3.63, 3.8) is 0 Å². The Morgan fingerprint density at radius 2 is 1.88 bits per heavy atom. The average Bonchev–Trinajstić information content (AvgIpc) is 2.30. The average molecular weight is 254 g/mol. The molecular formula is C14H20ClNO. The molecule has 1 unspecified atom stereocenters. The highest BCUT2D eigenvalue weighted by Gasteiger charge is 2.13. The fourth-order valence-electron chi connectivity index (χ4n) is 1.78. The van der Waals surface area contributed by atoms with Crippen LogP contribution in [0.2, 0.25) is 5.02 Å². The molecule has 0 bridgehead atoms. The van der Waals surface area contributed by atoms with E-state index in [4.69, 9.17) is 11.6 Å². The van der Waals surface area contributed by atoms with Gasteiger partial charge in [0.15, 0.2) is 0 Å². The van der Waals surface area contributed by atoms with Gasteiger partial charge in [-0.15, -0.1) is 0 Å². The van der Waals surface area contributed by atoms with Crippen molar-refractivity contribution in [2.24, 2.45) is 11.8 Å². The second-order valence-electron chi connectivity index (χ2n) is 4.63. The molecule has 0 aliphatic rings. The minimum Gasteiger partial charge on any atom is -0.352 e. The van der Waals surface area contributed by atoms with Crippen molar-refractivity contribution >= 4 is 17.5 Å². The summed E-state index contributed by atoms with van der Waals surface area (Å²) in [5, 5.41) is 3.62. The maximum Gasteiger partial charge on any atom is 0.251 e. The molecule has 17 heavy (non-hydrogen) atoms. The fourth-order valence-corrected chi connectivity index (χ4v) is 1.90. The van der Waals surface area contributed by atoms with Crippen LogP contribution in [0.3, 0.4) is 0 Å². The molecule has 0 heterocycles. The molecule has 3 heteroatoms. The first-order chi connectivity index (χ1) is 8.04. The van der Waals surface area contributed by atoms with E-state index < -0.39 is 0 Å². The van der Waals surface area contributed by atoms with Crippen LogP contribution in [0, 0.1) is 11.8 Å². The first-order valence-electron chi connectivity index (χ1n) is 6.08. The van der Waals surface area contributed by atoms with Crippen LogP contribution in [-0.4, -0.2) is 12.5 Å². The number of nitrogens with one attached hydrogen (secondary N) is 1. The molecule has 0 saturated carbocycles. The van der Waals surface area contributed by atoms with Crippen LogP contribution in [0.15, 0.2) is 24.3 Å². The van der Waals surface area contributed by atoms with Gasteiger partial charge in [0.25, 0.3) is 5.91 Å². The van der Waals surface area contributed by atoms with Gasteiger partial charge in [-0.1, -0.05) is 38.8 Å². The van der Waals surface area contributed by atoms with Crippen molar-refractivity contribution in [2.45, 2.75) is 27.2 Å². The van der Waals surface area contributed by atoms with Gasteiger partial charge in [-0.05, 0) is 36.1 Å². The molecular weight excluding hydrogens is 234 g/mol. The van der Waals surface area contributed by atoms with E-state index in [9.17, 15) is 4.79 Å². The lowest BCUT2D eigenvalue weighted by atomic mass is 9.93. The monoisotopic (exact) mass is 253 g/mol. The molecule has 94 valence electrons. The Balaban J connectivity index is 2.52. The Kier molecular flexibility index (Phi) is 5.49. The molecule has 0 fully saturated rings. The Morgan fingerprint density at radius 3 is 2.35 bits per heavy atom. The minimum absolute atomic E-state index is 0.0271. The smallest absolute Gasteiger partial charge is 0.251 e. The molecule has 2 nitrogen and oxygen atoms in total. The van der Waals surface area contributed by atoms with Crippen molar-refractivity contribution in [1.29, 1.82) is 0 Å². The fraction of sp³-hybridized carbons (Fsp3) is 0.500. The van der Waals surface area contributed by atoms with Gasteiger partial charge in [0, 0.05) is 17.1 Å². The van der Waals surface area contributed by atoms with E-state index in [1.807, 2.05) is 0 Å². The van der Waals surface area contributed by atoms with E-state index in [2.05, 4.69) is 26.1 Å². The molecule has 1 aromatic carbocycles. The number of carbonyl (C=O) groups excluding carboxylic acids is 1. The number of carbonyl (C=O) groups is 1. The molecule has 1 N–H and O–H groups in total. The Bertz CT molecular complexity index is 359. The lowest BCUT2D eigenvalue weighted by molar-refractivity contribution is 0.0943. The lowest BCUT2D eigenvalue weighted by Crippen LogP contribution is -2.31. The summed E-state index contributed by atoms with van der Waals surface area (Å²) in [6, 6.07) is 6.95. The Hall–Kier alpha value is -1.02. The van der Waals surface area contributed by atoms with Gasteiger partial charge >= 0.3 is 0 Å². The van der Waals surface area contributed by atoms with E-state index in [1.165, 1.54) is 0 Å². The third kappa shape index (κ3) is 4.39. The highest BCUT2D eigenvalue weighted by atomic mass is 35.5. The zero-order chi connectivity index (χ0) is 12.8.